The molecule has 0 radical (unpaired) electrons. The number of hydrogen-bond acceptors (Lipinski definition) is 4. The molecule has 0 bridgehead atoms. The molecule has 2 amide bonds. The van der Waals surface area contributed by atoms with Gasteiger partial charge in [-0.25, -0.2) is 8.78 Å². The summed E-state index contributed by atoms with van der Waals surface area (Å²) in [6, 6.07) is 7.99. The average molecular weight is 400 g/mol. The number of fused-ring (bicyclic) bond motifs is 1. The number of anilines is 1. The van der Waals surface area contributed by atoms with Crippen LogP contribution >= 0.6 is 11.8 Å². The van der Waals surface area contributed by atoms with Crippen LogP contribution in [0.25, 0.3) is 23.1 Å². The van der Waals surface area contributed by atoms with Crippen molar-refractivity contribution in [3.05, 3.63) is 59.3 Å². The highest BCUT2D eigenvalue weighted by molar-refractivity contribution is 8.14. The Kier molecular flexibility index (Phi) is 4.82. The van der Waals surface area contributed by atoms with Gasteiger partial charge in [0.15, 0.2) is 0 Å². The molecular weight excluding hydrogens is 386 g/mol. The number of aromatic amines is 1. The van der Waals surface area contributed by atoms with Gasteiger partial charge in [0.25, 0.3) is 5.24 Å². The highest BCUT2D eigenvalue weighted by Gasteiger charge is 2.28. The number of halogens is 2. The highest BCUT2D eigenvalue weighted by Crippen LogP contribution is 2.26. The Morgan fingerprint density at radius 1 is 1.21 bits per heavy atom. The summed E-state index contributed by atoms with van der Waals surface area (Å²) in [6.45, 7) is 0. The minimum absolute atomic E-state index is 0.00137. The van der Waals surface area contributed by atoms with Gasteiger partial charge in [0.05, 0.1) is 16.9 Å². The number of nitrogens with one attached hydrogen (secondary N) is 3. The lowest BCUT2D eigenvalue weighted by Crippen LogP contribution is -2.38. The van der Waals surface area contributed by atoms with E-state index >= 15 is 0 Å². The van der Waals surface area contributed by atoms with Crippen LogP contribution in [-0.2, 0) is 4.79 Å². The zero-order chi connectivity index (χ0) is 19.7. The fourth-order valence-corrected chi connectivity index (χ4v) is 3.55. The second-order valence-electron chi connectivity index (χ2n) is 6.16. The van der Waals surface area contributed by atoms with Crippen LogP contribution in [0.4, 0.5) is 19.3 Å². The van der Waals surface area contributed by atoms with E-state index in [2.05, 4.69) is 20.8 Å². The summed E-state index contributed by atoms with van der Waals surface area (Å²) < 4.78 is 27.3. The predicted molar refractivity (Wildman–Crippen MR) is 105 cm³/mol. The Morgan fingerprint density at radius 2 is 2.00 bits per heavy atom. The van der Waals surface area contributed by atoms with Gasteiger partial charge < -0.3 is 10.6 Å². The maximum Gasteiger partial charge on any atom is 0.279 e. The second-order valence-corrected chi connectivity index (χ2v) is 7.15. The molecule has 0 saturated carbocycles. The maximum absolute atomic E-state index is 14.3. The molecule has 6 nitrogen and oxygen atoms in total. The van der Waals surface area contributed by atoms with E-state index in [9.17, 15) is 18.4 Å². The van der Waals surface area contributed by atoms with Crippen molar-refractivity contribution in [3.8, 4) is 0 Å². The van der Waals surface area contributed by atoms with Gasteiger partial charge in [-0.1, -0.05) is 30.0 Å². The minimum atomic E-state index is -0.699. The van der Waals surface area contributed by atoms with Crippen molar-refractivity contribution in [2.75, 3.05) is 11.1 Å². The number of aromatic nitrogens is 2. The third kappa shape index (κ3) is 3.74. The van der Waals surface area contributed by atoms with E-state index in [0.717, 1.165) is 17.3 Å². The number of thioether (sulfide) groups is 1. The molecule has 1 saturated heterocycles. The number of rotatable bonds is 4. The van der Waals surface area contributed by atoms with Crippen LogP contribution in [0.1, 0.15) is 11.3 Å². The number of amides is 2. The summed E-state index contributed by atoms with van der Waals surface area (Å²) in [5.41, 5.74) is 1.79. The third-order valence-electron chi connectivity index (χ3n) is 4.23. The van der Waals surface area contributed by atoms with E-state index in [4.69, 9.17) is 0 Å². The van der Waals surface area contributed by atoms with Crippen molar-refractivity contribution in [2.45, 2.75) is 6.04 Å². The van der Waals surface area contributed by atoms with Crippen molar-refractivity contribution in [3.63, 3.8) is 0 Å². The Balaban J connectivity index is 1.59. The molecule has 1 aliphatic heterocycles. The molecule has 3 N–H and O–H groups in total. The van der Waals surface area contributed by atoms with Crippen LogP contribution in [0.15, 0.2) is 36.4 Å². The molecule has 1 aromatic heterocycles. The summed E-state index contributed by atoms with van der Waals surface area (Å²) in [5.74, 6) is -1.12. The molecular formula is C19H14F2N4O2S. The summed E-state index contributed by atoms with van der Waals surface area (Å²) in [5, 5.41) is 12.2. The number of hydrogen-bond donors (Lipinski definition) is 3. The van der Waals surface area contributed by atoms with Gasteiger partial charge in [0.1, 0.15) is 17.7 Å². The Morgan fingerprint density at radius 3 is 2.71 bits per heavy atom. The first-order valence-electron chi connectivity index (χ1n) is 8.35. The zero-order valence-electron chi connectivity index (χ0n) is 14.3. The molecule has 4 rings (SSSR count). The lowest BCUT2D eigenvalue weighted by atomic mass is 10.1. The Bertz CT molecular complexity index is 1100. The van der Waals surface area contributed by atoms with Gasteiger partial charge in [-0.15, -0.1) is 0 Å². The number of benzene rings is 2. The van der Waals surface area contributed by atoms with E-state index < -0.39 is 17.8 Å². The van der Waals surface area contributed by atoms with Crippen LogP contribution in [0.2, 0.25) is 0 Å². The smallest absolute Gasteiger partial charge is 0.279 e. The fraction of sp³-hybridized carbons (Fsp3) is 0.105. The number of carbonyl (C=O) groups is 2. The van der Waals surface area contributed by atoms with Gasteiger partial charge >= 0.3 is 0 Å². The average Bonchev–Trinajstić information content (AvgIpc) is 3.28. The van der Waals surface area contributed by atoms with E-state index in [-0.39, 0.29) is 16.7 Å². The first-order chi connectivity index (χ1) is 13.5. The molecule has 142 valence electrons. The van der Waals surface area contributed by atoms with Crippen LogP contribution in [0, 0.1) is 11.6 Å². The van der Waals surface area contributed by atoms with Crippen molar-refractivity contribution >= 4 is 51.7 Å². The topological polar surface area (TPSA) is 86.9 Å². The normalized spacial score (nSPS) is 16.6. The molecule has 0 aliphatic carbocycles. The van der Waals surface area contributed by atoms with E-state index in [0.29, 0.717) is 22.3 Å². The largest absolute Gasteiger partial charge is 0.334 e. The zero-order valence-corrected chi connectivity index (χ0v) is 15.1. The van der Waals surface area contributed by atoms with Gasteiger partial charge in [0, 0.05) is 17.2 Å². The molecule has 0 spiro atoms. The molecule has 3 aromatic rings. The standard InChI is InChI=1S/C19H14F2N4O2S/c20-11-4-1-10(2-5-11)3-6-14-12-7-16(13(21)8-15(12)25-24-14)22-18(26)17-9-28-19(27)23-17/h1-8,17H,9H2,(H,22,26)(H,23,27)(H,24,25)/t17-/m1/s1. The van der Waals surface area contributed by atoms with Gasteiger partial charge in [-0.3, -0.25) is 14.7 Å². The molecule has 2 heterocycles. The SMILES string of the molecule is O=C1N[C@@H](C(=O)Nc2cc3c(C=Cc4ccc(F)cc4)n[nH]c3cc2F)CS1. The molecule has 9 heteroatoms. The molecule has 2 aromatic carbocycles. The third-order valence-corrected chi connectivity index (χ3v) is 5.11. The monoisotopic (exact) mass is 400 g/mol. The molecule has 28 heavy (non-hydrogen) atoms. The number of H-pyrrole nitrogens is 1. The summed E-state index contributed by atoms with van der Waals surface area (Å²) in [4.78, 5) is 23.5. The van der Waals surface area contributed by atoms with Gasteiger partial charge in [0.2, 0.25) is 5.91 Å². The maximum atomic E-state index is 14.3. The first-order valence-corrected chi connectivity index (χ1v) is 9.33. The molecule has 1 aliphatic rings. The molecule has 1 fully saturated rings. The number of nitrogens with zero attached hydrogens (tertiary/aromatic N) is 1. The van der Waals surface area contributed by atoms with Crippen LogP contribution in [-0.4, -0.2) is 33.1 Å². The van der Waals surface area contributed by atoms with Crippen molar-refractivity contribution < 1.29 is 18.4 Å². The number of carbonyl (C=O) groups excluding carboxylic acids is 2. The lowest BCUT2D eigenvalue weighted by molar-refractivity contribution is -0.117. The Labute approximate surface area is 162 Å². The van der Waals surface area contributed by atoms with Gasteiger partial charge in [-0.2, -0.15) is 5.10 Å². The molecule has 1 atom stereocenters. The highest BCUT2D eigenvalue weighted by atomic mass is 32.2. The lowest BCUT2D eigenvalue weighted by Gasteiger charge is -2.11. The van der Waals surface area contributed by atoms with Crippen LogP contribution in [0.5, 0.6) is 0 Å². The van der Waals surface area contributed by atoms with E-state index in [1.165, 1.54) is 24.3 Å². The fourth-order valence-electron chi connectivity index (χ4n) is 2.78. The predicted octanol–water partition coefficient (Wildman–Crippen LogP) is 3.78. The minimum Gasteiger partial charge on any atom is -0.334 e. The van der Waals surface area contributed by atoms with Crippen molar-refractivity contribution in [1.82, 2.24) is 15.5 Å². The van der Waals surface area contributed by atoms with Crippen LogP contribution < -0.4 is 10.6 Å². The second kappa shape index (κ2) is 7.43. The van der Waals surface area contributed by atoms with E-state index in [1.807, 2.05) is 0 Å². The summed E-state index contributed by atoms with van der Waals surface area (Å²) >= 11 is 1.01. The van der Waals surface area contributed by atoms with Crippen molar-refractivity contribution in [2.24, 2.45) is 0 Å². The molecule has 0 unspecified atom stereocenters. The van der Waals surface area contributed by atoms with Gasteiger partial charge in [-0.05, 0) is 29.8 Å². The first kappa shape index (κ1) is 18.2. The Hall–Kier alpha value is -3.20. The van der Waals surface area contributed by atoms with E-state index in [1.54, 1.807) is 24.3 Å². The van der Waals surface area contributed by atoms with Crippen molar-refractivity contribution in [1.29, 1.82) is 0 Å². The quantitative estimate of drug-likeness (QED) is 0.622. The summed E-state index contributed by atoms with van der Waals surface area (Å²) in [6.07, 6.45) is 3.46. The summed E-state index contributed by atoms with van der Waals surface area (Å²) in [7, 11) is 0. The van der Waals surface area contributed by atoms with Crippen LogP contribution in [0.3, 0.4) is 0 Å².